The summed E-state index contributed by atoms with van der Waals surface area (Å²) in [5.41, 5.74) is 11.2. The molecule has 4 rings (SSSR count). The van der Waals surface area contributed by atoms with Gasteiger partial charge in [0, 0.05) is 17.4 Å². The molecule has 2 aromatic rings. The molecule has 1 aliphatic heterocycles. The summed E-state index contributed by atoms with van der Waals surface area (Å²) in [4.78, 5) is 2.34. The van der Waals surface area contributed by atoms with Gasteiger partial charge >= 0.3 is 0 Å². The van der Waals surface area contributed by atoms with E-state index in [-0.39, 0.29) is 12.1 Å². The van der Waals surface area contributed by atoms with Gasteiger partial charge in [0.1, 0.15) is 0 Å². The molecule has 2 aromatic carbocycles. The van der Waals surface area contributed by atoms with E-state index < -0.39 is 6.10 Å². The van der Waals surface area contributed by atoms with Crippen molar-refractivity contribution in [3.05, 3.63) is 59.7 Å². The van der Waals surface area contributed by atoms with Crippen LogP contribution in [-0.2, 0) is 12.8 Å². The Bertz CT molecular complexity index is 637. The topological polar surface area (TPSA) is 49.5 Å². The number of aliphatic hydroxyl groups is 1. The number of anilines is 2. The van der Waals surface area contributed by atoms with Crippen LogP contribution in [0.5, 0.6) is 0 Å². The first-order chi connectivity index (χ1) is 10.8. The molecule has 1 saturated carbocycles. The minimum atomic E-state index is -0.473. The van der Waals surface area contributed by atoms with Crippen molar-refractivity contribution in [1.82, 2.24) is 0 Å². The fourth-order valence-corrected chi connectivity index (χ4v) is 3.94. The number of para-hydroxylation sites is 2. The lowest BCUT2D eigenvalue weighted by molar-refractivity contribution is 0.148. The summed E-state index contributed by atoms with van der Waals surface area (Å²) in [7, 11) is 0. The third-order valence-corrected chi connectivity index (χ3v) is 5.13. The first kappa shape index (κ1) is 13.8. The monoisotopic (exact) mass is 294 g/mol. The van der Waals surface area contributed by atoms with Crippen LogP contribution in [0, 0.1) is 0 Å². The highest BCUT2D eigenvalue weighted by Gasteiger charge is 2.38. The van der Waals surface area contributed by atoms with Crippen molar-refractivity contribution >= 4 is 11.4 Å². The molecule has 0 unspecified atom stereocenters. The molecule has 2 aliphatic rings. The van der Waals surface area contributed by atoms with Gasteiger partial charge in [0.15, 0.2) is 0 Å². The van der Waals surface area contributed by atoms with Gasteiger partial charge in [0.05, 0.1) is 12.1 Å². The molecular formula is C19H22N2O. The largest absolute Gasteiger partial charge is 0.389 e. The smallest absolute Gasteiger partial charge is 0.0897 e. The highest BCUT2D eigenvalue weighted by molar-refractivity contribution is 5.72. The number of nitrogens with zero attached hydrogens (tertiary/aromatic N) is 1. The molecule has 1 heterocycles. The Morgan fingerprint density at radius 2 is 1.41 bits per heavy atom. The summed E-state index contributed by atoms with van der Waals surface area (Å²) in [5, 5.41) is 10.6. The molecular weight excluding hydrogens is 272 g/mol. The molecule has 3 atom stereocenters. The highest BCUT2D eigenvalue weighted by Crippen LogP contribution is 2.41. The molecule has 0 spiro atoms. The van der Waals surface area contributed by atoms with Crippen LogP contribution in [0.15, 0.2) is 48.5 Å². The lowest BCUT2D eigenvalue weighted by Gasteiger charge is -2.35. The van der Waals surface area contributed by atoms with E-state index in [2.05, 4.69) is 53.4 Å². The van der Waals surface area contributed by atoms with E-state index in [9.17, 15) is 5.11 Å². The average molecular weight is 294 g/mol. The second-order valence-electron chi connectivity index (χ2n) is 6.43. The van der Waals surface area contributed by atoms with Crippen LogP contribution >= 0.6 is 0 Å². The van der Waals surface area contributed by atoms with Crippen LogP contribution in [0.3, 0.4) is 0 Å². The predicted molar refractivity (Wildman–Crippen MR) is 89.4 cm³/mol. The molecule has 3 heteroatoms. The highest BCUT2D eigenvalue weighted by atomic mass is 16.3. The number of rotatable bonds is 1. The SMILES string of the molecule is N[C@H]1CC[C@@H](N2c3ccccc3CCc3ccccc32)[C@@H]1O. The standard InChI is InChI=1S/C19H22N2O/c20-15-11-12-18(19(15)22)21-16-7-3-1-5-13(16)9-10-14-6-2-4-8-17(14)21/h1-8,15,18-19,22H,9-12,20H2/t15-,18+,19+/m0/s1. The zero-order valence-corrected chi connectivity index (χ0v) is 12.7. The lowest BCUT2D eigenvalue weighted by atomic mass is 10.0. The first-order valence-electron chi connectivity index (χ1n) is 8.14. The molecule has 0 amide bonds. The van der Waals surface area contributed by atoms with Gasteiger partial charge < -0.3 is 15.7 Å². The fourth-order valence-electron chi connectivity index (χ4n) is 3.94. The first-order valence-corrected chi connectivity index (χ1v) is 8.14. The van der Waals surface area contributed by atoms with Gasteiger partial charge in [-0.3, -0.25) is 0 Å². The van der Waals surface area contributed by atoms with E-state index in [4.69, 9.17) is 5.73 Å². The molecule has 22 heavy (non-hydrogen) atoms. The minimum absolute atomic E-state index is 0.0652. The summed E-state index contributed by atoms with van der Waals surface area (Å²) in [5.74, 6) is 0. The third kappa shape index (κ3) is 2.13. The predicted octanol–water partition coefficient (Wildman–Crippen LogP) is 2.77. The summed E-state index contributed by atoms with van der Waals surface area (Å²) in [6, 6.07) is 17.1. The van der Waals surface area contributed by atoms with E-state index in [1.807, 2.05) is 0 Å². The van der Waals surface area contributed by atoms with Crippen molar-refractivity contribution in [1.29, 1.82) is 0 Å². The quantitative estimate of drug-likeness (QED) is 0.850. The van der Waals surface area contributed by atoms with Gasteiger partial charge in [0.2, 0.25) is 0 Å². The van der Waals surface area contributed by atoms with Crippen LogP contribution in [0.25, 0.3) is 0 Å². The van der Waals surface area contributed by atoms with Crippen LogP contribution in [-0.4, -0.2) is 23.3 Å². The normalized spacial score (nSPS) is 27.2. The maximum Gasteiger partial charge on any atom is 0.0897 e. The Labute approximate surface area is 131 Å². The van der Waals surface area contributed by atoms with Crippen molar-refractivity contribution in [2.24, 2.45) is 5.73 Å². The van der Waals surface area contributed by atoms with Crippen molar-refractivity contribution < 1.29 is 5.11 Å². The van der Waals surface area contributed by atoms with Gasteiger partial charge in [-0.05, 0) is 48.9 Å². The number of aryl methyl sites for hydroxylation is 2. The Balaban J connectivity index is 1.88. The molecule has 0 aromatic heterocycles. The van der Waals surface area contributed by atoms with Gasteiger partial charge in [-0.15, -0.1) is 0 Å². The van der Waals surface area contributed by atoms with Crippen LogP contribution in [0.2, 0.25) is 0 Å². The van der Waals surface area contributed by atoms with Gasteiger partial charge in [-0.1, -0.05) is 36.4 Å². The van der Waals surface area contributed by atoms with Gasteiger partial charge in [-0.2, -0.15) is 0 Å². The molecule has 114 valence electrons. The van der Waals surface area contributed by atoms with Gasteiger partial charge in [-0.25, -0.2) is 0 Å². The number of hydrogen-bond acceptors (Lipinski definition) is 3. The summed E-state index contributed by atoms with van der Waals surface area (Å²) in [6.45, 7) is 0. The minimum Gasteiger partial charge on any atom is -0.389 e. The van der Waals surface area contributed by atoms with Crippen molar-refractivity contribution in [2.75, 3.05) is 4.90 Å². The number of nitrogens with two attached hydrogens (primary N) is 1. The number of fused-ring (bicyclic) bond motifs is 2. The zero-order chi connectivity index (χ0) is 15.1. The summed E-state index contributed by atoms with van der Waals surface area (Å²) >= 11 is 0. The molecule has 1 aliphatic carbocycles. The van der Waals surface area contributed by atoms with Crippen molar-refractivity contribution in [2.45, 2.75) is 43.9 Å². The number of benzene rings is 2. The second-order valence-corrected chi connectivity index (χ2v) is 6.43. The Morgan fingerprint density at radius 3 is 1.91 bits per heavy atom. The number of hydrogen-bond donors (Lipinski definition) is 2. The maximum absolute atomic E-state index is 10.6. The van der Waals surface area contributed by atoms with Crippen molar-refractivity contribution in [3.8, 4) is 0 Å². The average Bonchev–Trinajstić information content (AvgIpc) is 2.80. The lowest BCUT2D eigenvalue weighted by Crippen LogP contribution is -2.43. The van der Waals surface area contributed by atoms with Crippen molar-refractivity contribution in [3.63, 3.8) is 0 Å². The maximum atomic E-state index is 10.6. The molecule has 3 nitrogen and oxygen atoms in total. The molecule has 0 saturated heterocycles. The van der Waals surface area contributed by atoms with Gasteiger partial charge in [0.25, 0.3) is 0 Å². The van der Waals surface area contributed by atoms with E-state index >= 15 is 0 Å². The van der Waals surface area contributed by atoms with E-state index in [0.29, 0.717) is 0 Å². The van der Waals surface area contributed by atoms with Crippen LogP contribution < -0.4 is 10.6 Å². The third-order valence-electron chi connectivity index (χ3n) is 5.13. The summed E-state index contributed by atoms with van der Waals surface area (Å²) in [6.07, 6.45) is 3.42. The fraction of sp³-hybridized carbons (Fsp3) is 0.368. The Hall–Kier alpha value is -1.84. The molecule has 0 bridgehead atoms. The molecule has 0 radical (unpaired) electrons. The summed E-state index contributed by atoms with van der Waals surface area (Å²) < 4.78 is 0. The van der Waals surface area contributed by atoms with E-state index in [1.165, 1.54) is 22.5 Å². The van der Waals surface area contributed by atoms with Crippen LogP contribution in [0.1, 0.15) is 24.0 Å². The molecule has 3 N–H and O–H groups in total. The van der Waals surface area contributed by atoms with E-state index in [0.717, 1.165) is 25.7 Å². The number of aliphatic hydroxyl groups excluding tert-OH is 1. The zero-order valence-electron chi connectivity index (χ0n) is 12.7. The second kappa shape index (κ2) is 5.41. The Kier molecular flexibility index (Phi) is 3.40. The van der Waals surface area contributed by atoms with Crippen LogP contribution in [0.4, 0.5) is 11.4 Å². The Morgan fingerprint density at radius 1 is 0.864 bits per heavy atom. The molecule has 1 fully saturated rings. The van der Waals surface area contributed by atoms with E-state index in [1.54, 1.807) is 0 Å².